The zero-order chi connectivity index (χ0) is 30.2. The molecule has 0 unspecified atom stereocenters. The number of hydrogen-bond acceptors (Lipinski definition) is 7. The first-order valence-electron chi connectivity index (χ1n) is 15.2. The van der Waals surface area contributed by atoms with Gasteiger partial charge in [0.05, 0.1) is 5.71 Å². The van der Waals surface area contributed by atoms with Crippen molar-refractivity contribution in [3.63, 3.8) is 0 Å². The number of carboxylic acid groups (broad SMARTS) is 1. The number of Topliss-reactive ketones (excluding diaryl/α,β-unsaturated/α-hetero) is 1. The summed E-state index contributed by atoms with van der Waals surface area (Å²) in [5.74, 6) is -0.915. The maximum Gasteiger partial charge on any atom is 0.326 e. The van der Waals surface area contributed by atoms with Crippen molar-refractivity contribution in [1.82, 2.24) is 10.6 Å². The van der Waals surface area contributed by atoms with Gasteiger partial charge in [-0.05, 0) is 101 Å². The van der Waals surface area contributed by atoms with Gasteiger partial charge in [0, 0.05) is 5.41 Å². The van der Waals surface area contributed by atoms with Crippen LogP contribution in [0.1, 0.15) is 98.8 Å². The predicted octanol–water partition coefficient (Wildman–Crippen LogP) is 3.52. The van der Waals surface area contributed by atoms with Crippen LogP contribution in [-0.4, -0.2) is 63.8 Å². The van der Waals surface area contributed by atoms with E-state index in [1.54, 1.807) is 6.92 Å². The zero-order valence-corrected chi connectivity index (χ0v) is 25.1. The molecule has 0 aliphatic heterocycles. The Morgan fingerprint density at radius 3 is 2.44 bits per heavy atom. The number of nitrogens with one attached hydrogen (secondary N) is 2. The Kier molecular flexibility index (Phi) is 9.02. The fraction of sp³-hybridized carbons (Fsp3) is 0.774. The minimum Gasteiger partial charge on any atom is -0.480 e. The Balaban J connectivity index is 1.33. The molecule has 0 aromatic carbocycles. The molecular weight excluding hydrogens is 526 g/mol. The molecule has 8 atom stereocenters. The minimum atomic E-state index is -1.20. The highest BCUT2D eigenvalue weighted by atomic mass is 16.6. The largest absolute Gasteiger partial charge is 0.480 e. The number of carbonyl (C=O) groups is 4. The van der Waals surface area contributed by atoms with Crippen molar-refractivity contribution in [2.24, 2.45) is 33.7 Å². The van der Waals surface area contributed by atoms with E-state index in [1.165, 1.54) is 12.5 Å². The van der Waals surface area contributed by atoms with E-state index in [-0.39, 0.29) is 23.2 Å². The Hall–Kier alpha value is -2.75. The zero-order valence-electron chi connectivity index (χ0n) is 25.1. The highest BCUT2D eigenvalue weighted by molar-refractivity contribution is 5.96. The summed E-state index contributed by atoms with van der Waals surface area (Å²) in [6, 6.07) is -1.90. The van der Waals surface area contributed by atoms with Gasteiger partial charge in [0.25, 0.3) is 5.91 Å². The molecule has 4 rings (SSSR count). The summed E-state index contributed by atoms with van der Waals surface area (Å²) in [6.07, 6.45) is 10.0. The molecule has 0 bridgehead atoms. The van der Waals surface area contributed by atoms with Crippen molar-refractivity contribution in [3.8, 4) is 0 Å². The smallest absolute Gasteiger partial charge is 0.326 e. The average Bonchev–Trinajstić information content (AvgIpc) is 3.20. The first-order valence-corrected chi connectivity index (χ1v) is 15.2. The van der Waals surface area contributed by atoms with Gasteiger partial charge in [0.1, 0.15) is 17.7 Å². The molecule has 4 N–H and O–H groups in total. The number of carbonyl (C=O) groups excluding carboxylic acids is 3. The molecule has 228 valence electrons. The lowest BCUT2D eigenvalue weighted by Gasteiger charge is -2.59. The third kappa shape index (κ3) is 5.68. The lowest BCUT2D eigenvalue weighted by molar-refractivity contribution is -0.159. The summed E-state index contributed by atoms with van der Waals surface area (Å²) in [6.45, 7) is 9.02. The molecule has 4 aliphatic carbocycles. The van der Waals surface area contributed by atoms with Crippen molar-refractivity contribution >= 4 is 29.3 Å². The van der Waals surface area contributed by atoms with Gasteiger partial charge in [0.15, 0.2) is 12.4 Å². The lowest BCUT2D eigenvalue weighted by Crippen LogP contribution is -2.57. The fourth-order valence-corrected chi connectivity index (χ4v) is 8.60. The minimum absolute atomic E-state index is 0.0476. The fourth-order valence-electron chi connectivity index (χ4n) is 8.60. The lowest BCUT2D eigenvalue weighted by atomic mass is 9.46. The van der Waals surface area contributed by atoms with Crippen LogP contribution >= 0.6 is 0 Å². The van der Waals surface area contributed by atoms with Gasteiger partial charge in [0.2, 0.25) is 5.91 Å². The molecule has 10 heteroatoms. The van der Waals surface area contributed by atoms with Crippen LogP contribution in [0.4, 0.5) is 0 Å². The highest BCUT2D eigenvalue weighted by Crippen LogP contribution is 2.67. The molecule has 0 spiro atoms. The van der Waals surface area contributed by atoms with Crippen LogP contribution in [0.2, 0.25) is 0 Å². The van der Waals surface area contributed by atoms with Gasteiger partial charge >= 0.3 is 5.97 Å². The van der Waals surface area contributed by atoms with Gasteiger partial charge < -0.3 is 25.7 Å². The first-order chi connectivity index (χ1) is 19.3. The third-order valence-corrected chi connectivity index (χ3v) is 11.1. The number of hydrogen-bond donors (Lipinski definition) is 4. The number of ketones is 1. The number of rotatable bonds is 10. The van der Waals surface area contributed by atoms with E-state index in [2.05, 4.69) is 35.7 Å². The van der Waals surface area contributed by atoms with Gasteiger partial charge in [-0.1, -0.05) is 37.9 Å². The van der Waals surface area contributed by atoms with Crippen LogP contribution < -0.4 is 10.6 Å². The number of nitrogens with zero attached hydrogens (tertiary/aromatic N) is 1. The van der Waals surface area contributed by atoms with E-state index in [0.29, 0.717) is 37.0 Å². The Bertz CT molecular complexity index is 1130. The van der Waals surface area contributed by atoms with Gasteiger partial charge in [-0.15, -0.1) is 0 Å². The van der Waals surface area contributed by atoms with Crippen LogP contribution in [-0.2, 0) is 24.0 Å². The standard InChI is InChI=1S/C31H47N3O7/c1-6-7-25(28(38)39)33-27(37)18(2)32-26(36)17-41-34-21-10-13-29(4)20(16-21)8-9-22-23(29)11-14-30(5)24(22)12-15-31(30,40)19(3)35/h16,18,22-25,40H,6-15,17H2,1-5H3,(H,32,36)(H,33,37)(H,38,39)/b34-21+/t18-,22-,23-,24+,25-,29-,30-,31-/m0/s1. The molecular formula is C31H47N3O7. The quantitative estimate of drug-likeness (QED) is 0.292. The maximum absolute atomic E-state index is 12.5. The van der Waals surface area contributed by atoms with Crippen LogP contribution in [0.25, 0.3) is 0 Å². The average molecular weight is 574 g/mol. The number of allylic oxidation sites excluding steroid dienone is 2. The molecule has 0 heterocycles. The van der Waals surface area contributed by atoms with Crippen LogP contribution in [0.5, 0.6) is 0 Å². The van der Waals surface area contributed by atoms with E-state index in [0.717, 1.165) is 50.7 Å². The van der Waals surface area contributed by atoms with E-state index < -0.39 is 35.5 Å². The summed E-state index contributed by atoms with van der Waals surface area (Å²) in [5.41, 5.74) is 0.661. The van der Waals surface area contributed by atoms with Gasteiger partial charge in [-0.3, -0.25) is 14.4 Å². The normalized spacial score (nSPS) is 36.6. The second kappa shape index (κ2) is 11.9. The Morgan fingerprint density at radius 1 is 1.07 bits per heavy atom. The molecule has 3 fully saturated rings. The third-order valence-electron chi connectivity index (χ3n) is 11.1. The van der Waals surface area contributed by atoms with Crippen molar-refractivity contribution in [3.05, 3.63) is 11.6 Å². The molecule has 3 saturated carbocycles. The maximum atomic E-state index is 12.5. The number of carboxylic acids is 1. The van der Waals surface area contributed by atoms with Crippen molar-refractivity contribution in [2.45, 2.75) is 117 Å². The van der Waals surface area contributed by atoms with E-state index in [9.17, 15) is 29.4 Å². The van der Waals surface area contributed by atoms with E-state index >= 15 is 0 Å². The van der Waals surface area contributed by atoms with E-state index in [4.69, 9.17) is 4.84 Å². The van der Waals surface area contributed by atoms with Crippen LogP contribution in [0.3, 0.4) is 0 Å². The molecule has 4 aliphatic rings. The molecule has 0 aromatic rings. The van der Waals surface area contributed by atoms with Crippen molar-refractivity contribution in [2.75, 3.05) is 6.61 Å². The second-order valence-corrected chi connectivity index (χ2v) is 13.2. The summed E-state index contributed by atoms with van der Waals surface area (Å²) >= 11 is 0. The second-order valence-electron chi connectivity index (χ2n) is 13.2. The molecule has 0 aromatic heterocycles. The molecule has 2 amide bonds. The first kappa shape index (κ1) is 31.2. The Morgan fingerprint density at radius 2 is 1.78 bits per heavy atom. The topological polar surface area (TPSA) is 154 Å². The summed E-state index contributed by atoms with van der Waals surface area (Å²) in [5, 5.41) is 29.8. The van der Waals surface area contributed by atoms with Gasteiger partial charge in [-0.2, -0.15) is 0 Å². The van der Waals surface area contributed by atoms with Crippen molar-refractivity contribution < 1.29 is 34.2 Å². The van der Waals surface area contributed by atoms with Gasteiger partial charge in [-0.25, -0.2) is 4.79 Å². The number of aliphatic hydroxyl groups is 1. The molecule has 0 radical (unpaired) electrons. The van der Waals surface area contributed by atoms with Crippen LogP contribution in [0, 0.1) is 28.6 Å². The number of aliphatic carboxylic acids is 1. The highest BCUT2D eigenvalue weighted by Gasteiger charge is 2.65. The Labute approximate surface area is 242 Å². The number of oxime groups is 1. The molecule has 0 saturated heterocycles. The summed E-state index contributed by atoms with van der Waals surface area (Å²) in [4.78, 5) is 53.7. The van der Waals surface area contributed by atoms with E-state index in [1.807, 2.05) is 6.92 Å². The summed E-state index contributed by atoms with van der Waals surface area (Å²) in [7, 11) is 0. The summed E-state index contributed by atoms with van der Waals surface area (Å²) < 4.78 is 0. The number of fused-ring (bicyclic) bond motifs is 5. The predicted molar refractivity (Wildman–Crippen MR) is 153 cm³/mol. The van der Waals surface area contributed by atoms with Crippen LogP contribution in [0.15, 0.2) is 16.8 Å². The number of amides is 2. The molecule has 10 nitrogen and oxygen atoms in total. The van der Waals surface area contributed by atoms with Crippen molar-refractivity contribution in [1.29, 1.82) is 0 Å². The molecule has 41 heavy (non-hydrogen) atoms. The monoisotopic (exact) mass is 573 g/mol. The SMILES string of the molecule is CCC[C@H](NC(=O)[C@H](C)NC(=O)CO/N=C1/C=C2CC[C@@H]3[C@H]4CC[C@](O)(C(C)=O)[C@@]4(C)CC[C@@H]3[C@@]2(C)CC1)C(=O)O.